The van der Waals surface area contributed by atoms with Gasteiger partial charge in [0.25, 0.3) is 0 Å². The van der Waals surface area contributed by atoms with Gasteiger partial charge in [-0.1, -0.05) is 56.6 Å². The number of sulfonamides is 1. The topological polar surface area (TPSA) is 76.3 Å². The standard InChI is InChI=1S/C22H26ClN3O3S/c1-15(2)13-26(30(27,28)20-11-7-17(8-12-20)16(3)4)14-21-24-22(25-29-21)18-5-9-19(23)10-6-18/h5-12,15-16H,13-14H2,1-4H3. The van der Waals surface area contributed by atoms with E-state index in [9.17, 15) is 8.42 Å². The van der Waals surface area contributed by atoms with Gasteiger partial charge in [-0.3, -0.25) is 0 Å². The van der Waals surface area contributed by atoms with Crippen molar-refractivity contribution in [2.45, 2.75) is 45.1 Å². The van der Waals surface area contributed by atoms with Crippen molar-refractivity contribution in [1.29, 1.82) is 0 Å². The van der Waals surface area contributed by atoms with Gasteiger partial charge in [-0.25, -0.2) is 8.42 Å². The van der Waals surface area contributed by atoms with Crippen LogP contribution in [0.15, 0.2) is 57.9 Å². The Labute approximate surface area is 182 Å². The lowest BCUT2D eigenvalue weighted by Gasteiger charge is -2.22. The first kappa shape index (κ1) is 22.5. The van der Waals surface area contributed by atoms with E-state index in [1.165, 1.54) is 4.31 Å². The maximum Gasteiger partial charge on any atom is 0.243 e. The van der Waals surface area contributed by atoms with Crippen molar-refractivity contribution in [2.75, 3.05) is 6.54 Å². The van der Waals surface area contributed by atoms with Gasteiger partial charge >= 0.3 is 0 Å². The molecular weight excluding hydrogens is 422 g/mol. The molecule has 0 saturated carbocycles. The summed E-state index contributed by atoms with van der Waals surface area (Å²) < 4.78 is 33.3. The van der Waals surface area contributed by atoms with Crippen molar-refractivity contribution >= 4 is 21.6 Å². The molecule has 0 radical (unpaired) electrons. The summed E-state index contributed by atoms with van der Waals surface area (Å²) in [6.45, 7) is 8.43. The van der Waals surface area contributed by atoms with E-state index in [1.807, 2.05) is 26.0 Å². The summed E-state index contributed by atoms with van der Waals surface area (Å²) in [5, 5.41) is 4.59. The Kier molecular flexibility index (Phi) is 6.95. The van der Waals surface area contributed by atoms with Crippen LogP contribution in [-0.2, 0) is 16.6 Å². The van der Waals surface area contributed by atoms with Gasteiger partial charge in [-0.15, -0.1) is 0 Å². The first-order valence-corrected chi connectivity index (χ1v) is 11.7. The Morgan fingerprint density at radius 2 is 1.63 bits per heavy atom. The van der Waals surface area contributed by atoms with Crippen LogP contribution in [0.1, 0.15) is 45.1 Å². The minimum absolute atomic E-state index is 0.00698. The van der Waals surface area contributed by atoms with E-state index in [0.717, 1.165) is 11.1 Å². The zero-order valence-electron chi connectivity index (χ0n) is 17.5. The second kappa shape index (κ2) is 9.29. The molecule has 8 heteroatoms. The van der Waals surface area contributed by atoms with E-state index in [4.69, 9.17) is 16.1 Å². The lowest BCUT2D eigenvalue weighted by atomic mass is 10.0. The summed E-state index contributed by atoms with van der Waals surface area (Å²) >= 11 is 5.92. The number of benzene rings is 2. The molecule has 0 N–H and O–H groups in total. The number of hydrogen-bond donors (Lipinski definition) is 0. The average molecular weight is 448 g/mol. The molecule has 6 nitrogen and oxygen atoms in total. The first-order valence-electron chi connectivity index (χ1n) is 9.85. The van der Waals surface area contributed by atoms with Gasteiger partial charge in [-0.2, -0.15) is 9.29 Å². The molecule has 0 amide bonds. The Hall–Kier alpha value is -2.22. The second-order valence-electron chi connectivity index (χ2n) is 7.93. The molecule has 0 bridgehead atoms. The fourth-order valence-corrected chi connectivity index (χ4v) is 4.69. The Morgan fingerprint density at radius 3 is 2.20 bits per heavy atom. The van der Waals surface area contributed by atoms with E-state index < -0.39 is 10.0 Å². The van der Waals surface area contributed by atoms with Gasteiger partial charge in [0.05, 0.1) is 11.4 Å². The molecule has 160 valence electrons. The highest BCUT2D eigenvalue weighted by atomic mass is 35.5. The van der Waals surface area contributed by atoms with Crippen molar-refractivity contribution in [3.05, 3.63) is 65.0 Å². The van der Waals surface area contributed by atoms with E-state index in [1.54, 1.807) is 36.4 Å². The smallest absolute Gasteiger partial charge is 0.243 e. The van der Waals surface area contributed by atoms with E-state index in [-0.39, 0.29) is 23.2 Å². The maximum absolute atomic E-state index is 13.3. The summed E-state index contributed by atoms with van der Waals surface area (Å²) in [5.41, 5.74) is 1.84. The molecule has 0 aliphatic carbocycles. The molecule has 3 aromatic rings. The quantitative estimate of drug-likeness (QED) is 0.464. The summed E-state index contributed by atoms with van der Waals surface area (Å²) in [6.07, 6.45) is 0. The third-order valence-electron chi connectivity index (χ3n) is 4.64. The number of rotatable bonds is 8. The minimum Gasteiger partial charge on any atom is -0.338 e. The molecule has 0 unspecified atom stereocenters. The third-order valence-corrected chi connectivity index (χ3v) is 6.71. The lowest BCUT2D eigenvalue weighted by Crippen LogP contribution is -2.34. The van der Waals surface area contributed by atoms with Crippen LogP contribution < -0.4 is 0 Å². The highest BCUT2D eigenvalue weighted by Gasteiger charge is 2.27. The van der Waals surface area contributed by atoms with Gasteiger partial charge in [0.1, 0.15) is 0 Å². The molecule has 2 aromatic carbocycles. The molecule has 1 aromatic heterocycles. The summed E-state index contributed by atoms with van der Waals surface area (Å²) in [6, 6.07) is 14.1. The van der Waals surface area contributed by atoms with Crippen LogP contribution in [0, 0.1) is 5.92 Å². The monoisotopic (exact) mass is 447 g/mol. The summed E-state index contributed by atoms with van der Waals surface area (Å²) in [4.78, 5) is 4.63. The fraction of sp³-hybridized carbons (Fsp3) is 0.364. The molecule has 0 aliphatic rings. The van der Waals surface area contributed by atoms with Crippen molar-refractivity contribution in [3.63, 3.8) is 0 Å². The predicted octanol–water partition coefficient (Wildman–Crippen LogP) is 5.36. The van der Waals surface area contributed by atoms with Gasteiger partial charge in [0.15, 0.2) is 0 Å². The third kappa shape index (κ3) is 5.28. The molecule has 0 spiro atoms. The zero-order chi connectivity index (χ0) is 21.9. The van der Waals surface area contributed by atoms with Crippen LogP contribution in [0.2, 0.25) is 5.02 Å². The van der Waals surface area contributed by atoms with Crippen LogP contribution in [-0.4, -0.2) is 29.4 Å². The van der Waals surface area contributed by atoms with Crippen LogP contribution in [0.4, 0.5) is 0 Å². The number of aromatic nitrogens is 2. The van der Waals surface area contributed by atoms with E-state index in [2.05, 4.69) is 24.0 Å². The number of halogens is 1. The normalized spacial score (nSPS) is 12.3. The first-order chi connectivity index (χ1) is 14.2. The Balaban J connectivity index is 1.86. The van der Waals surface area contributed by atoms with Gasteiger partial charge in [-0.05, 0) is 53.8 Å². The molecule has 0 fully saturated rings. The van der Waals surface area contributed by atoms with Crippen LogP contribution in [0.25, 0.3) is 11.4 Å². The summed E-state index contributed by atoms with van der Waals surface area (Å²) in [7, 11) is -3.71. The molecule has 1 heterocycles. The highest BCUT2D eigenvalue weighted by molar-refractivity contribution is 7.89. The number of hydrogen-bond acceptors (Lipinski definition) is 5. The van der Waals surface area contributed by atoms with Crippen molar-refractivity contribution in [2.24, 2.45) is 5.92 Å². The van der Waals surface area contributed by atoms with Crippen molar-refractivity contribution in [1.82, 2.24) is 14.4 Å². The number of nitrogens with zero attached hydrogens (tertiary/aromatic N) is 3. The Bertz CT molecular complexity index is 1080. The van der Waals surface area contributed by atoms with E-state index >= 15 is 0 Å². The SMILES string of the molecule is CC(C)CN(Cc1nc(-c2ccc(Cl)cc2)no1)S(=O)(=O)c1ccc(C(C)C)cc1. The van der Waals surface area contributed by atoms with Crippen molar-refractivity contribution in [3.8, 4) is 11.4 Å². The van der Waals surface area contributed by atoms with Crippen LogP contribution >= 0.6 is 11.6 Å². The molecule has 3 rings (SSSR count). The summed E-state index contributed by atoms with van der Waals surface area (Å²) in [5.74, 6) is 1.10. The minimum atomic E-state index is -3.71. The molecular formula is C22H26ClN3O3S. The molecule has 0 saturated heterocycles. The van der Waals surface area contributed by atoms with Crippen LogP contribution in [0.3, 0.4) is 0 Å². The molecule has 30 heavy (non-hydrogen) atoms. The fourth-order valence-electron chi connectivity index (χ4n) is 3.01. The van der Waals surface area contributed by atoms with Gasteiger partial charge < -0.3 is 4.52 Å². The molecule has 0 aliphatic heterocycles. The van der Waals surface area contributed by atoms with Gasteiger partial charge in [0, 0.05) is 17.1 Å². The lowest BCUT2D eigenvalue weighted by molar-refractivity contribution is 0.298. The van der Waals surface area contributed by atoms with Crippen molar-refractivity contribution < 1.29 is 12.9 Å². The molecule has 0 atom stereocenters. The zero-order valence-corrected chi connectivity index (χ0v) is 19.1. The van der Waals surface area contributed by atoms with E-state index in [0.29, 0.717) is 23.3 Å². The van der Waals surface area contributed by atoms with Crippen LogP contribution in [0.5, 0.6) is 0 Å². The second-order valence-corrected chi connectivity index (χ2v) is 10.3. The maximum atomic E-state index is 13.3. The highest BCUT2D eigenvalue weighted by Crippen LogP contribution is 2.24. The Morgan fingerprint density at radius 1 is 1.00 bits per heavy atom. The largest absolute Gasteiger partial charge is 0.338 e. The average Bonchev–Trinajstić information content (AvgIpc) is 3.16. The predicted molar refractivity (Wildman–Crippen MR) is 118 cm³/mol. The van der Waals surface area contributed by atoms with Gasteiger partial charge in [0.2, 0.25) is 21.7 Å².